The van der Waals surface area contributed by atoms with Crippen molar-refractivity contribution in [3.8, 4) is 0 Å². The number of fused-ring (bicyclic) bond motifs is 1. The minimum absolute atomic E-state index is 0.0738. The van der Waals surface area contributed by atoms with Gasteiger partial charge in [0.1, 0.15) is 24.6 Å². The minimum atomic E-state index is -1.37. The molecule has 2 heterocycles. The van der Waals surface area contributed by atoms with Crippen molar-refractivity contribution >= 4 is 50.9 Å². The van der Waals surface area contributed by atoms with Crippen LogP contribution in [0.3, 0.4) is 0 Å². The van der Waals surface area contributed by atoms with Crippen LogP contribution in [0, 0.1) is 12.7 Å². The molecule has 2 aromatic carbocycles. The molecule has 1 unspecified atom stereocenters. The number of carbonyl (C=O) groups is 3. The lowest BCUT2D eigenvalue weighted by atomic mass is 10.1. The Morgan fingerprint density at radius 2 is 1.97 bits per heavy atom. The highest BCUT2D eigenvalue weighted by atomic mass is 35.5. The molecule has 2 amide bonds. The predicted octanol–water partition coefficient (Wildman–Crippen LogP) is 3.56. The molecule has 1 aromatic heterocycles. The first kappa shape index (κ1) is 26.9. The zero-order valence-corrected chi connectivity index (χ0v) is 21.9. The fraction of sp³-hybridized carbons (Fsp3) is 0.346. The number of amides is 2. The number of nitrogens with one attached hydrogen (secondary N) is 1. The Morgan fingerprint density at radius 3 is 2.70 bits per heavy atom. The molecule has 1 N–H and O–H groups in total. The number of carbonyl (C=O) groups excluding carboxylic acids is 3. The summed E-state index contributed by atoms with van der Waals surface area (Å²) in [7, 11) is -1.29. The molecular weight excluding hydrogens is 524 g/mol. The summed E-state index contributed by atoms with van der Waals surface area (Å²) in [5.74, 6) is -2.07. The van der Waals surface area contributed by atoms with Gasteiger partial charge in [-0.1, -0.05) is 35.9 Å². The van der Waals surface area contributed by atoms with Crippen molar-refractivity contribution < 1.29 is 27.4 Å². The summed E-state index contributed by atoms with van der Waals surface area (Å²) >= 11 is 5.78. The Kier molecular flexibility index (Phi) is 8.08. The molecule has 37 heavy (non-hydrogen) atoms. The van der Waals surface area contributed by atoms with E-state index in [2.05, 4.69) is 5.32 Å². The third kappa shape index (κ3) is 5.91. The lowest BCUT2D eigenvalue weighted by molar-refractivity contribution is -0.139. The number of likely N-dealkylation sites (tertiary alicyclic amines) is 1. The Bertz CT molecular complexity index is 1410. The number of Topliss-reactive ketones (excluding diaryl/α,β-unsaturated/α-hetero) is 1. The summed E-state index contributed by atoms with van der Waals surface area (Å²) in [5.41, 5.74) is 2.07. The van der Waals surface area contributed by atoms with Gasteiger partial charge in [-0.2, -0.15) is 0 Å². The van der Waals surface area contributed by atoms with E-state index in [0.29, 0.717) is 11.1 Å². The van der Waals surface area contributed by atoms with Crippen LogP contribution in [0.1, 0.15) is 27.9 Å². The van der Waals surface area contributed by atoms with E-state index < -0.39 is 40.6 Å². The summed E-state index contributed by atoms with van der Waals surface area (Å²) in [4.78, 5) is 39.7. The molecule has 3 atom stereocenters. The van der Waals surface area contributed by atoms with E-state index in [-0.39, 0.29) is 48.2 Å². The second kappa shape index (κ2) is 11.1. The Morgan fingerprint density at radius 1 is 1.22 bits per heavy atom. The van der Waals surface area contributed by atoms with Gasteiger partial charge in [0.05, 0.1) is 17.3 Å². The maximum atomic E-state index is 14.3. The van der Waals surface area contributed by atoms with Crippen LogP contribution in [0.15, 0.2) is 42.6 Å². The molecular formula is C26H26ClF2N3O4S. The largest absolute Gasteiger partial charge is 0.350 e. The summed E-state index contributed by atoms with van der Waals surface area (Å²) in [6.07, 6.45) is 1.68. The number of alkyl halides is 1. The second-order valence-electron chi connectivity index (χ2n) is 9.14. The third-order valence-corrected chi connectivity index (χ3v) is 7.36. The lowest BCUT2D eigenvalue weighted by Gasteiger charge is -2.24. The smallest absolute Gasteiger partial charge is 0.243 e. The first-order valence-electron chi connectivity index (χ1n) is 11.6. The van der Waals surface area contributed by atoms with Crippen molar-refractivity contribution in [3.05, 3.63) is 70.1 Å². The van der Waals surface area contributed by atoms with Crippen molar-refractivity contribution in [2.24, 2.45) is 0 Å². The van der Waals surface area contributed by atoms with Gasteiger partial charge in [-0.3, -0.25) is 18.6 Å². The van der Waals surface area contributed by atoms with Gasteiger partial charge in [0.25, 0.3) is 0 Å². The van der Waals surface area contributed by atoms with Gasteiger partial charge in [0.2, 0.25) is 11.8 Å². The van der Waals surface area contributed by atoms with Crippen LogP contribution >= 0.6 is 11.6 Å². The Labute approximate surface area is 220 Å². The molecule has 0 spiro atoms. The maximum Gasteiger partial charge on any atom is 0.243 e. The highest BCUT2D eigenvalue weighted by Crippen LogP contribution is 2.26. The third-order valence-electron chi connectivity index (χ3n) is 6.40. The van der Waals surface area contributed by atoms with E-state index in [1.165, 1.54) is 23.3 Å². The average Bonchev–Trinajstić information content (AvgIpc) is 3.39. The summed E-state index contributed by atoms with van der Waals surface area (Å²) < 4.78 is 41.6. The van der Waals surface area contributed by atoms with Crippen molar-refractivity contribution in [3.63, 3.8) is 0 Å². The highest BCUT2D eigenvalue weighted by Gasteiger charge is 2.39. The molecule has 4 rings (SSSR count). The number of aryl methyl sites for hydroxylation is 1. The van der Waals surface area contributed by atoms with Gasteiger partial charge in [0.15, 0.2) is 5.78 Å². The number of ketones is 1. The van der Waals surface area contributed by atoms with Crippen LogP contribution < -0.4 is 5.32 Å². The number of nitrogens with zero attached hydrogens (tertiary/aromatic N) is 2. The minimum Gasteiger partial charge on any atom is -0.350 e. The number of rotatable bonds is 8. The molecule has 3 aromatic rings. The zero-order chi connectivity index (χ0) is 26.9. The van der Waals surface area contributed by atoms with Gasteiger partial charge >= 0.3 is 0 Å². The molecule has 0 aliphatic carbocycles. The molecule has 0 radical (unpaired) electrons. The molecule has 1 fully saturated rings. The molecule has 196 valence electrons. The van der Waals surface area contributed by atoms with Crippen molar-refractivity contribution in [1.82, 2.24) is 14.8 Å². The quantitative estimate of drug-likeness (QED) is 0.435. The second-order valence-corrected chi connectivity index (χ2v) is 11.0. The van der Waals surface area contributed by atoms with Crippen LogP contribution in [-0.2, 0) is 33.5 Å². The zero-order valence-electron chi connectivity index (χ0n) is 20.3. The molecule has 0 saturated carbocycles. The molecule has 1 aliphatic rings. The Hall–Kier alpha value is -3.11. The fourth-order valence-corrected chi connectivity index (χ4v) is 5.31. The fourth-order valence-electron chi connectivity index (χ4n) is 4.58. The van der Waals surface area contributed by atoms with E-state index in [1.54, 1.807) is 35.0 Å². The molecule has 0 bridgehead atoms. The molecule has 7 nitrogen and oxygen atoms in total. The normalized spacial score (nSPS) is 18.2. The molecule has 1 saturated heterocycles. The highest BCUT2D eigenvalue weighted by molar-refractivity contribution is 7.85. The van der Waals surface area contributed by atoms with Crippen molar-refractivity contribution in [2.45, 2.75) is 38.6 Å². The van der Waals surface area contributed by atoms with Crippen molar-refractivity contribution in [1.29, 1.82) is 0 Å². The van der Waals surface area contributed by atoms with Crippen LogP contribution in [0.25, 0.3) is 10.9 Å². The van der Waals surface area contributed by atoms with Crippen LogP contribution in [-0.4, -0.2) is 62.0 Å². The summed E-state index contributed by atoms with van der Waals surface area (Å²) in [6, 6.07) is 8.47. The maximum absolute atomic E-state index is 14.3. The Balaban J connectivity index is 1.51. The monoisotopic (exact) mass is 549 g/mol. The van der Waals surface area contributed by atoms with E-state index in [4.69, 9.17) is 11.6 Å². The predicted molar refractivity (Wildman–Crippen MR) is 138 cm³/mol. The van der Waals surface area contributed by atoms with Crippen LogP contribution in [0.5, 0.6) is 0 Å². The van der Waals surface area contributed by atoms with Gasteiger partial charge in [-0.15, -0.1) is 0 Å². The number of aromatic nitrogens is 1. The van der Waals surface area contributed by atoms with E-state index in [1.807, 2.05) is 6.92 Å². The molecule has 1 aliphatic heterocycles. The first-order valence-corrected chi connectivity index (χ1v) is 13.7. The van der Waals surface area contributed by atoms with Gasteiger partial charge in [0, 0.05) is 58.2 Å². The standard InChI is InChI=1S/C26H26ClF2N3O4S/c1-15-11-31(21-8-16(6-7-19(15)21)23(33)14-37(2)36)13-24(34)32-12-18(28)9-22(32)26(35)30-10-17-4-3-5-20(27)25(17)29/h3-8,11,18,22H,9-10,12-14H2,1-2H3,(H,30,35)/t18-,22+,37?/m1/s1. The summed E-state index contributed by atoms with van der Waals surface area (Å²) in [5, 5.41) is 3.34. The van der Waals surface area contributed by atoms with Gasteiger partial charge in [-0.05, 0) is 24.6 Å². The number of hydrogen-bond acceptors (Lipinski definition) is 4. The number of halogens is 3. The number of benzene rings is 2. The number of hydrogen-bond donors (Lipinski definition) is 1. The van der Waals surface area contributed by atoms with Crippen LogP contribution in [0.2, 0.25) is 5.02 Å². The van der Waals surface area contributed by atoms with Crippen molar-refractivity contribution in [2.75, 3.05) is 18.6 Å². The average molecular weight is 550 g/mol. The first-order chi connectivity index (χ1) is 17.5. The molecule has 11 heteroatoms. The lowest BCUT2D eigenvalue weighted by Crippen LogP contribution is -2.46. The van der Waals surface area contributed by atoms with E-state index >= 15 is 0 Å². The SMILES string of the molecule is Cc1cn(CC(=O)N2C[C@H](F)C[C@H]2C(=O)NCc2cccc(Cl)c2F)c2cc(C(=O)CS(C)=O)ccc12. The van der Waals surface area contributed by atoms with E-state index in [9.17, 15) is 27.4 Å². The van der Waals surface area contributed by atoms with Gasteiger partial charge < -0.3 is 14.8 Å². The van der Waals surface area contributed by atoms with Crippen LogP contribution in [0.4, 0.5) is 8.78 Å². The van der Waals surface area contributed by atoms with Gasteiger partial charge in [-0.25, -0.2) is 8.78 Å². The summed E-state index contributed by atoms with van der Waals surface area (Å²) in [6.45, 7) is 1.32. The topological polar surface area (TPSA) is 88.5 Å². The van der Waals surface area contributed by atoms with E-state index in [0.717, 1.165) is 10.9 Å².